The first-order valence-electron chi connectivity index (χ1n) is 19.0. The van der Waals surface area contributed by atoms with Crippen LogP contribution in [0.3, 0.4) is 0 Å². The molecule has 2 heterocycles. The van der Waals surface area contributed by atoms with Crippen LogP contribution in [0, 0.1) is 0 Å². The number of anilines is 2. The Bertz CT molecular complexity index is 2410. The molecule has 0 saturated heterocycles. The van der Waals surface area contributed by atoms with E-state index in [-0.39, 0.29) is 46.0 Å². The van der Waals surface area contributed by atoms with E-state index in [1.807, 2.05) is 116 Å². The van der Waals surface area contributed by atoms with Crippen LogP contribution < -0.4 is 4.90 Å². The van der Waals surface area contributed by atoms with Gasteiger partial charge in [0.1, 0.15) is 11.4 Å². The molecule has 0 spiro atoms. The largest absolute Gasteiger partial charge is 0.505 e. The van der Waals surface area contributed by atoms with Crippen LogP contribution in [0.5, 0.6) is 28.7 Å². The van der Waals surface area contributed by atoms with Crippen molar-refractivity contribution in [1.82, 2.24) is 4.57 Å². The molecule has 1 aliphatic heterocycles. The monoisotopic (exact) mass is 754 g/mol. The average Bonchev–Trinajstić information content (AvgIpc) is 3.73. The van der Waals surface area contributed by atoms with E-state index in [2.05, 4.69) is 37.4 Å². The van der Waals surface area contributed by atoms with Crippen molar-refractivity contribution < 1.29 is 25.5 Å². The molecule has 2 aliphatic rings. The molecule has 1 aromatic heterocycles. The summed E-state index contributed by atoms with van der Waals surface area (Å²) < 4.78 is 1.88. The third-order valence-corrected chi connectivity index (χ3v) is 10.5. The maximum absolute atomic E-state index is 12.7. The fraction of sp³-hybridized carbons (Fsp3) is 0.234. The molecule has 8 heteroatoms. The van der Waals surface area contributed by atoms with Crippen LogP contribution >= 0.6 is 12.6 Å². The van der Waals surface area contributed by atoms with Crippen LogP contribution in [0.1, 0.15) is 68.7 Å². The van der Waals surface area contributed by atoms with Crippen molar-refractivity contribution in [3.63, 3.8) is 0 Å². The lowest BCUT2D eigenvalue weighted by atomic mass is 9.84. The summed E-state index contributed by atoms with van der Waals surface area (Å²) in [4.78, 5) is 1.98. The second-order valence-corrected chi connectivity index (χ2v) is 13.3. The predicted molar refractivity (Wildman–Crippen MR) is 232 cm³/mol. The SMILES string of the molecule is C=Cc1c(-c2c(O)c(-n3c4ccccc4c4ccccc43)c(O)c(CCC)c2CCC)c(O)c(O)c(O)c1N1c2ccccc2C2C=CC=CC21.CC.CS. The van der Waals surface area contributed by atoms with Gasteiger partial charge < -0.3 is 35.0 Å². The van der Waals surface area contributed by atoms with Gasteiger partial charge in [0.15, 0.2) is 17.2 Å². The Labute approximate surface area is 328 Å². The van der Waals surface area contributed by atoms with Gasteiger partial charge in [-0.3, -0.25) is 0 Å². The quantitative estimate of drug-likeness (QED) is 0.0682. The molecule has 284 valence electrons. The predicted octanol–water partition coefficient (Wildman–Crippen LogP) is 11.8. The van der Waals surface area contributed by atoms with Crippen molar-refractivity contribution in [2.75, 3.05) is 11.2 Å². The number of allylic oxidation sites excluding steroid dienone is 2. The first-order chi connectivity index (χ1) is 26.8. The van der Waals surface area contributed by atoms with Gasteiger partial charge in [-0.1, -0.05) is 132 Å². The summed E-state index contributed by atoms with van der Waals surface area (Å²) in [6, 6.07) is 23.4. The van der Waals surface area contributed by atoms with Gasteiger partial charge >= 0.3 is 0 Å². The van der Waals surface area contributed by atoms with Crippen molar-refractivity contribution in [2.24, 2.45) is 0 Å². The van der Waals surface area contributed by atoms with Gasteiger partial charge in [-0.15, -0.1) is 0 Å². The molecular weight excluding hydrogens is 705 g/mol. The highest BCUT2D eigenvalue weighted by molar-refractivity contribution is 7.79. The van der Waals surface area contributed by atoms with E-state index in [1.165, 1.54) is 0 Å². The topological polar surface area (TPSA) is 109 Å². The highest BCUT2D eigenvalue weighted by atomic mass is 32.1. The van der Waals surface area contributed by atoms with Crippen molar-refractivity contribution >= 4 is 51.9 Å². The third kappa shape index (κ3) is 6.09. The smallest absolute Gasteiger partial charge is 0.203 e. The van der Waals surface area contributed by atoms with E-state index < -0.39 is 17.2 Å². The lowest BCUT2D eigenvalue weighted by Crippen LogP contribution is -2.29. The van der Waals surface area contributed by atoms with Crippen molar-refractivity contribution in [2.45, 2.75) is 65.3 Å². The summed E-state index contributed by atoms with van der Waals surface area (Å²) in [5.41, 5.74) is 6.00. The van der Waals surface area contributed by atoms with Crippen LogP contribution in [-0.2, 0) is 12.8 Å². The van der Waals surface area contributed by atoms with E-state index >= 15 is 0 Å². The molecule has 6 aromatic rings. The van der Waals surface area contributed by atoms with Gasteiger partial charge in [0.25, 0.3) is 0 Å². The van der Waals surface area contributed by atoms with Gasteiger partial charge in [0, 0.05) is 44.6 Å². The van der Waals surface area contributed by atoms with Gasteiger partial charge in [-0.2, -0.15) is 12.6 Å². The molecule has 2 unspecified atom stereocenters. The zero-order valence-electron chi connectivity index (χ0n) is 32.1. The van der Waals surface area contributed by atoms with Crippen LogP contribution in [0.25, 0.3) is 44.7 Å². The van der Waals surface area contributed by atoms with Crippen LogP contribution in [-0.4, -0.2) is 42.4 Å². The standard InChI is InChI=1S/C44H40N2O5.C2H6.CH4S/c1-4-15-30-31(16-5-2)40(47)39(46-34-23-13-9-19-28(34)29-20-10-14-24-35(29)46)41(48)37(30)36-25(6-3)38(43(50)44(51)42(36)49)45-32-21-11-7-17-26(32)27-18-8-12-22-33(27)45;2*1-2/h6-14,17-24,26,32,47-51H,3-5,15-16H2,1-2H3;1-2H3;2H,1H3. The number of benzene rings is 5. The first-order valence-corrected chi connectivity index (χ1v) is 19.9. The Morgan fingerprint density at radius 2 is 1.20 bits per heavy atom. The zero-order valence-corrected chi connectivity index (χ0v) is 33.0. The number of nitrogens with zero attached hydrogens (tertiary/aromatic N) is 2. The van der Waals surface area contributed by atoms with E-state index in [1.54, 1.807) is 12.3 Å². The normalized spacial score (nSPS) is 15.3. The average molecular weight is 755 g/mol. The summed E-state index contributed by atoms with van der Waals surface area (Å²) in [6.45, 7) is 12.2. The number of aromatic nitrogens is 1. The minimum atomic E-state index is -0.702. The lowest BCUT2D eigenvalue weighted by molar-refractivity contribution is 0.368. The Hall–Kier alpha value is -5.73. The number of rotatable bonds is 8. The third-order valence-electron chi connectivity index (χ3n) is 10.5. The van der Waals surface area contributed by atoms with Crippen LogP contribution in [0.15, 0.2) is 104 Å². The molecule has 5 N–H and O–H groups in total. The fourth-order valence-corrected chi connectivity index (χ4v) is 8.46. The number of hydrogen-bond donors (Lipinski definition) is 6. The summed E-state index contributed by atoms with van der Waals surface area (Å²) in [7, 11) is 0. The van der Waals surface area contributed by atoms with Crippen molar-refractivity contribution in [3.8, 4) is 45.6 Å². The highest BCUT2D eigenvalue weighted by Gasteiger charge is 2.41. The Morgan fingerprint density at radius 1 is 0.636 bits per heavy atom. The molecule has 8 rings (SSSR count). The fourth-order valence-electron chi connectivity index (χ4n) is 8.46. The zero-order chi connectivity index (χ0) is 39.6. The lowest BCUT2D eigenvalue weighted by Gasteiger charge is -2.32. The number of phenols is 5. The van der Waals surface area contributed by atoms with Crippen LogP contribution in [0.2, 0.25) is 0 Å². The molecular formula is C47H50N2O5S. The molecule has 0 radical (unpaired) electrons. The molecule has 0 saturated carbocycles. The van der Waals surface area contributed by atoms with Gasteiger partial charge in [-0.05, 0) is 48.4 Å². The first kappa shape index (κ1) is 39.0. The molecule has 0 fully saturated rings. The van der Waals surface area contributed by atoms with Crippen molar-refractivity contribution in [3.05, 3.63) is 126 Å². The number of para-hydroxylation sites is 3. The molecule has 7 nitrogen and oxygen atoms in total. The maximum atomic E-state index is 12.7. The van der Waals surface area contributed by atoms with Gasteiger partial charge in [0.2, 0.25) is 5.75 Å². The van der Waals surface area contributed by atoms with Gasteiger partial charge in [0.05, 0.1) is 22.8 Å². The molecule has 0 bridgehead atoms. The Balaban J connectivity index is 0.00000125. The second kappa shape index (κ2) is 16.3. The number of phenolic OH excluding ortho intramolecular Hbond substituents is 5. The maximum Gasteiger partial charge on any atom is 0.203 e. The molecule has 55 heavy (non-hydrogen) atoms. The molecule has 5 aromatic carbocycles. The summed E-state index contributed by atoms with van der Waals surface area (Å²) in [5, 5.41) is 62.2. The summed E-state index contributed by atoms with van der Waals surface area (Å²) in [6.07, 6.45) is 13.8. The number of thiol groups is 1. The number of fused-ring (bicyclic) bond motifs is 6. The molecule has 1 aliphatic carbocycles. The van der Waals surface area contributed by atoms with E-state index in [9.17, 15) is 25.5 Å². The summed E-state index contributed by atoms with van der Waals surface area (Å²) >= 11 is 3.53. The molecule has 2 atom stereocenters. The second-order valence-electron chi connectivity index (χ2n) is 13.3. The van der Waals surface area contributed by atoms with E-state index in [0.29, 0.717) is 42.4 Å². The van der Waals surface area contributed by atoms with E-state index in [4.69, 9.17) is 0 Å². The van der Waals surface area contributed by atoms with Crippen LogP contribution in [0.4, 0.5) is 11.4 Å². The van der Waals surface area contributed by atoms with Crippen molar-refractivity contribution in [1.29, 1.82) is 0 Å². The minimum absolute atomic E-state index is 0.0153. The van der Waals surface area contributed by atoms with E-state index in [0.717, 1.165) is 33.1 Å². The minimum Gasteiger partial charge on any atom is -0.505 e. The van der Waals surface area contributed by atoms with Gasteiger partial charge in [-0.25, -0.2) is 0 Å². The Morgan fingerprint density at radius 3 is 1.82 bits per heavy atom. The molecule has 0 amide bonds. The number of aromatic hydroxyl groups is 5. The number of hydrogen-bond acceptors (Lipinski definition) is 7. The highest BCUT2D eigenvalue weighted by Crippen LogP contribution is 2.60. The summed E-state index contributed by atoms with van der Waals surface area (Å²) in [5.74, 6) is -2.08. The Kier molecular flexibility index (Phi) is 11.6.